The number of nitrogen functional groups attached to an aromatic ring is 1. The van der Waals surface area contributed by atoms with Crippen molar-refractivity contribution in [2.24, 2.45) is 0 Å². The van der Waals surface area contributed by atoms with Gasteiger partial charge < -0.3 is 25.2 Å². The van der Waals surface area contributed by atoms with Gasteiger partial charge in [-0.05, 0) is 36.1 Å². The molecule has 1 aromatic heterocycles. The SMILES string of the molecule is Nc1cnc(Cl)cc1N1CC2CCC(C1)N2Cc1ccc(N2CCN(C(=O)OCc3ccccc3)CC2)cc1. The second kappa shape index (κ2) is 11.3. The molecule has 0 saturated carbocycles. The molecule has 0 spiro atoms. The third-order valence-electron chi connectivity index (χ3n) is 8.26. The van der Waals surface area contributed by atoms with Crippen LogP contribution in [-0.2, 0) is 17.9 Å². The molecule has 2 aromatic carbocycles. The molecule has 0 radical (unpaired) electrons. The number of aromatic nitrogens is 1. The number of rotatable bonds is 6. The lowest BCUT2D eigenvalue weighted by Crippen LogP contribution is -2.53. The molecule has 1 amide bonds. The van der Waals surface area contributed by atoms with Crippen molar-refractivity contribution in [2.45, 2.75) is 38.1 Å². The largest absolute Gasteiger partial charge is 0.445 e. The van der Waals surface area contributed by atoms with Crippen molar-refractivity contribution in [3.05, 3.63) is 83.1 Å². The number of ether oxygens (including phenoxy) is 1. The number of piperazine rings is 2. The van der Waals surface area contributed by atoms with Gasteiger partial charge in [0.25, 0.3) is 0 Å². The molecule has 8 nitrogen and oxygen atoms in total. The molecule has 3 aliphatic heterocycles. The minimum atomic E-state index is -0.238. The van der Waals surface area contributed by atoms with Gasteiger partial charge in [0, 0.05) is 69.7 Å². The Labute approximate surface area is 234 Å². The van der Waals surface area contributed by atoms with Crippen molar-refractivity contribution in [3.63, 3.8) is 0 Å². The molecular formula is C30H35ClN6O2. The topological polar surface area (TPSA) is 78.2 Å². The number of halogens is 1. The van der Waals surface area contributed by atoms with E-state index in [1.54, 1.807) is 11.1 Å². The van der Waals surface area contributed by atoms with Crippen molar-refractivity contribution in [3.8, 4) is 0 Å². The van der Waals surface area contributed by atoms with E-state index in [0.717, 1.165) is 44.0 Å². The van der Waals surface area contributed by atoms with Gasteiger partial charge in [0.2, 0.25) is 0 Å². The maximum absolute atomic E-state index is 12.5. The molecule has 3 fully saturated rings. The van der Waals surface area contributed by atoms with Crippen molar-refractivity contribution in [2.75, 3.05) is 54.8 Å². The number of pyridine rings is 1. The van der Waals surface area contributed by atoms with Gasteiger partial charge in [-0.2, -0.15) is 0 Å². The number of anilines is 3. The number of carbonyl (C=O) groups is 1. The van der Waals surface area contributed by atoms with E-state index in [0.29, 0.717) is 42.6 Å². The highest BCUT2D eigenvalue weighted by molar-refractivity contribution is 6.29. The van der Waals surface area contributed by atoms with Crippen LogP contribution in [0.5, 0.6) is 0 Å². The van der Waals surface area contributed by atoms with E-state index < -0.39 is 0 Å². The highest BCUT2D eigenvalue weighted by Crippen LogP contribution is 2.36. The van der Waals surface area contributed by atoms with Crippen LogP contribution in [0.2, 0.25) is 5.15 Å². The number of hydrogen-bond acceptors (Lipinski definition) is 7. The Morgan fingerprint density at radius 1 is 0.923 bits per heavy atom. The average molecular weight is 547 g/mol. The van der Waals surface area contributed by atoms with Crippen molar-refractivity contribution >= 4 is 34.8 Å². The van der Waals surface area contributed by atoms with Gasteiger partial charge in [0.05, 0.1) is 17.6 Å². The van der Waals surface area contributed by atoms with Gasteiger partial charge in [0.1, 0.15) is 11.8 Å². The number of fused-ring (bicyclic) bond motifs is 2. The molecule has 0 aliphatic carbocycles. The first-order valence-electron chi connectivity index (χ1n) is 13.7. The predicted octanol–water partition coefficient (Wildman–Crippen LogP) is 4.63. The molecule has 4 heterocycles. The van der Waals surface area contributed by atoms with E-state index in [4.69, 9.17) is 22.1 Å². The molecule has 9 heteroatoms. The van der Waals surface area contributed by atoms with Crippen LogP contribution in [0.25, 0.3) is 0 Å². The zero-order chi connectivity index (χ0) is 26.8. The lowest BCUT2D eigenvalue weighted by molar-refractivity contribution is 0.0942. The van der Waals surface area contributed by atoms with E-state index >= 15 is 0 Å². The molecular weight excluding hydrogens is 512 g/mol. The number of carbonyl (C=O) groups excluding carboxylic acids is 1. The Kier molecular flexibility index (Phi) is 7.48. The summed E-state index contributed by atoms with van der Waals surface area (Å²) < 4.78 is 5.51. The molecule has 6 rings (SSSR count). The van der Waals surface area contributed by atoms with Gasteiger partial charge in [-0.25, -0.2) is 9.78 Å². The van der Waals surface area contributed by atoms with Crippen LogP contribution >= 0.6 is 11.6 Å². The van der Waals surface area contributed by atoms with E-state index in [9.17, 15) is 4.79 Å². The standard InChI is InChI=1S/C30H35ClN6O2/c31-29-16-28(27(32)17-33-29)36-19-25-10-11-26(20-36)37(25)18-22-6-8-24(9-7-22)34-12-14-35(15-13-34)30(38)39-21-23-4-2-1-3-5-23/h1-9,16-17,25-26H,10-15,18-21,32H2. The predicted molar refractivity (Wildman–Crippen MR) is 155 cm³/mol. The molecule has 2 unspecified atom stereocenters. The monoisotopic (exact) mass is 546 g/mol. The number of nitrogens with two attached hydrogens (primary N) is 1. The number of benzene rings is 2. The molecule has 3 aliphatic rings. The molecule has 204 valence electrons. The van der Waals surface area contributed by atoms with Crippen LogP contribution in [0.15, 0.2) is 66.9 Å². The first kappa shape index (κ1) is 25.8. The first-order valence-corrected chi connectivity index (χ1v) is 14.1. The van der Waals surface area contributed by atoms with E-state index in [1.165, 1.54) is 24.1 Å². The van der Waals surface area contributed by atoms with E-state index in [1.807, 2.05) is 36.4 Å². The van der Waals surface area contributed by atoms with Crippen LogP contribution in [0, 0.1) is 0 Å². The fourth-order valence-corrected chi connectivity index (χ4v) is 6.28. The minimum Gasteiger partial charge on any atom is -0.445 e. The first-order chi connectivity index (χ1) is 19.0. The second-order valence-electron chi connectivity index (χ2n) is 10.7. The third-order valence-corrected chi connectivity index (χ3v) is 8.47. The zero-order valence-corrected chi connectivity index (χ0v) is 22.8. The Balaban J connectivity index is 1.00. The quantitative estimate of drug-likeness (QED) is 0.452. The maximum atomic E-state index is 12.5. The summed E-state index contributed by atoms with van der Waals surface area (Å²) in [5.41, 5.74) is 11.4. The van der Waals surface area contributed by atoms with E-state index in [2.05, 4.69) is 43.9 Å². The second-order valence-corrected chi connectivity index (χ2v) is 11.1. The summed E-state index contributed by atoms with van der Waals surface area (Å²) in [6, 6.07) is 21.6. The van der Waals surface area contributed by atoms with Gasteiger partial charge in [-0.15, -0.1) is 0 Å². The summed E-state index contributed by atoms with van der Waals surface area (Å²) >= 11 is 6.15. The normalized spacial score (nSPS) is 21.3. The summed E-state index contributed by atoms with van der Waals surface area (Å²) in [7, 11) is 0. The zero-order valence-electron chi connectivity index (χ0n) is 22.1. The third kappa shape index (κ3) is 5.77. The molecule has 2 N–H and O–H groups in total. The molecule has 3 aromatic rings. The van der Waals surface area contributed by atoms with Crippen LogP contribution in [0.1, 0.15) is 24.0 Å². The van der Waals surface area contributed by atoms with Crippen molar-refractivity contribution in [1.82, 2.24) is 14.8 Å². The highest BCUT2D eigenvalue weighted by Gasteiger charge is 2.40. The number of hydrogen-bond donors (Lipinski definition) is 1. The van der Waals surface area contributed by atoms with Crippen LogP contribution in [-0.4, -0.2) is 72.2 Å². The Bertz CT molecular complexity index is 1270. The fraction of sp³-hybridized carbons (Fsp3) is 0.400. The molecule has 3 saturated heterocycles. The number of nitrogens with zero attached hydrogens (tertiary/aromatic N) is 5. The highest BCUT2D eigenvalue weighted by atomic mass is 35.5. The molecule has 39 heavy (non-hydrogen) atoms. The Morgan fingerprint density at radius 3 is 2.31 bits per heavy atom. The van der Waals surface area contributed by atoms with E-state index in [-0.39, 0.29) is 6.09 Å². The summed E-state index contributed by atoms with van der Waals surface area (Å²) in [5, 5.41) is 0.485. The van der Waals surface area contributed by atoms with Crippen molar-refractivity contribution in [1.29, 1.82) is 0 Å². The summed E-state index contributed by atoms with van der Waals surface area (Å²) in [5.74, 6) is 0. The number of amides is 1. The minimum absolute atomic E-state index is 0.238. The molecule has 2 bridgehead atoms. The van der Waals surface area contributed by atoms with Gasteiger partial charge in [-0.3, -0.25) is 4.90 Å². The van der Waals surface area contributed by atoms with Gasteiger partial charge in [0.15, 0.2) is 0 Å². The van der Waals surface area contributed by atoms with Gasteiger partial charge in [-0.1, -0.05) is 54.1 Å². The van der Waals surface area contributed by atoms with Gasteiger partial charge >= 0.3 is 6.09 Å². The Hall–Kier alpha value is -3.49. The van der Waals surface area contributed by atoms with Crippen LogP contribution in [0.4, 0.5) is 21.9 Å². The lowest BCUT2D eigenvalue weighted by atomic mass is 10.1. The van der Waals surface area contributed by atoms with Crippen LogP contribution < -0.4 is 15.5 Å². The average Bonchev–Trinajstić information content (AvgIpc) is 3.19. The Morgan fingerprint density at radius 2 is 1.62 bits per heavy atom. The summed E-state index contributed by atoms with van der Waals surface area (Å²) in [6.45, 7) is 6.10. The van der Waals surface area contributed by atoms with Crippen molar-refractivity contribution < 1.29 is 9.53 Å². The summed E-state index contributed by atoms with van der Waals surface area (Å²) in [4.78, 5) is 25.8. The smallest absolute Gasteiger partial charge is 0.410 e. The fourth-order valence-electron chi connectivity index (χ4n) is 6.13. The summed E-state index contributed by atoms with van der Waals surface area (Å²) in [6.07, 6.45) is 3.83. The maximum Gasteiger partial charge on any atom is 0.410 e. The van der Waals surface area contributed by atoms with Crippen LogP contribution in [0.3, 0.4) is 0 Å². The lowest BCUT2D eigenvalue weighted by Gasteiger charge is -2.42. The molecule has 2 atom stereocenters.